The van der Waals surface area contributed by atoms with Gasteiger partial charge in [-0.05, 0) is 47.9 Å². The number of rotatable bonds is 11. The number of nitrogens with one attached hydrogen (secondary N) is 1. The van der Waals surface area contributed by atoms with Crippen molar-refractivity contribution >= 4 is 34.3 Å². The molecule has 1 atom stereocenters. The Morgan fingerprint density at radius 2 is 2.00 bits per heavy atom. The van der Waals surface area contributed by atoms with Gasteiger partial charge >= 0.3 is 5.97 Å². The Labute approximate surface area is 226 Å². The number of aliphatic carboxylic acids is 1. The van der Waals surface area contributed by atoms with E-state index < -0.39 is 12.0 Å². The third-order valence-corrected chi connectivity index (χ3v) is 7.26. The molecule has 0 fully saturated rings. The van der Waals surface area contributed by atoms with Gasteiger partial charge in [-0.25, -0.2) is 9.78 Å². The van der Waals surface area contributed by atoms with Crippen LogP contribution in [-0.2, 0) is 29.0 Å². The van der Waals surface area contributed by atoms with Gasteiger partial charge in [0.25, 0.3) is 5.91 Å². The molecule has 0 bridgehead atoms. The zero-order valence-electron chi connectivity index (χ0n) is 21.3. The SMILES string of the molecule is CCCC/C=C/C(=O)N1Cc2cc(OCCc3cnc(NC(=O)c4ccccc4)s3)ccc2C[C@H]1C(=O)O. The van der Waals surface area contributed by atoms with E-state index in [2.05, 4.69) is 17.2 Å². The molecule has 0 unspecified atom stereocenters. The standard InChI is InChI=1S/C29H31N3O5S/c1-2-3-4-8-11-26(33)32-19-22-16-23(13-12-21(22)17-25(32)28(35)36)37-15-14-24-18-30-29(38-24)31-27(34)20-9-6-5-7-10-20/h5-13,16,18,25H,2-4,14-15,17,19H2,1H3,(H,35,36)(H,30,31,34)/b11-8+/t25-/m0/s1. The molecule has 1 aliphatic heterocycles. The summed E-state index contributed by atoms with van der Waals surface area (Å²) in [4.78, 5) is 43.6. The van der Waals surface area contributed by atoms with Crippen LogP contribution >= 0.6 is 11.3 Å². The first-order chi connectivity index (χ1) is 18.4. The fraction of sp³-hybridized carbons (Fsp3) is 0.310. The maximum Gasteiger partial charge on any atom is 0.326 e. The summed E-state index contributed by atoms with van der Waals surface area (Å²) in [6.45, 7) is 2.71. The largest absolute Gasteiger partial charge is 0.493 e. The summed E-state index contributed by atoms with van der Waals surface area (Å²) in [7, 11) is 0. The second kappa shape index (κ2) is 13.0. The van der Waals surface area contributed by atoms with E-state index in [0.717, 1.165) is 35.3 Å². The third kappa shape index (κ3) is 7.07. The molecular formula is C29H31N3O5S. The summed E-state index contributed by atoms with van der Waals surface area (Å²) in [5.74, 6) is -0.836. The lowest BCUT2D eigenvalue weighted by molar-refractivity contribution is -0.149. The number of amides is 2. The first kappa shape index (κ1) is 27.1. The number of thiazole rings is 1. The number of carbonyl (C=O) groups excluding carboxylic acids is 2. The lowest BCUT2D eigenvalue weighted by Gasteiger charge is -2.34. The number of benzene rings is 2. The summed E-state index contributed by atoms with van der Waals surface area (Å²) in [5, 5.41) is 13.1. The first-order valence-corrected chi connectivity index (χ1v) is 13.5. The van der Waals surface area contributed by atoms with Crippen molar-refractivity contribution in [1.29, 1.82) is 0 Å². The molecule has 2 amide bonds. The predicted molar refractivity (Wildman–Crippen MR) is 146 cm³/mol. The van der Waals surface area contributed by atoms with E-state index in [1.807, 2.05) is 42.5 Å². The Balaban J connectivity index is 1.33. The minimum absolute atomic E-state index is 0.203. The molecule has 0 saturated carbocycles. The van der Waals surface area contributed by atoms with Crippen LogP contribution in [0, 0.1) is 0 Å². The van der Waals surface area contributed by atoms with Gasteiger partial charge in [0.2, 0.25) is 5.91 Å². The van der Waals surface area contributed by atoms with Gasteiger partial charge in [-0.2, -0.15) is 0 Å². The number of hydrogen-bond acceptors (Lipinski definition) is 6. The summed E-state index contributed by atoms with van der Waals surface area (Å²) in [5.41, 5.74) is 2.37. The molecule has 38 heavy (non-hydrogen) atoms. The maximum absolute atomic E-state index is 12.8. The highest BCUT2D eigenvalue weighted by molar-refractivity contribution is 7.15. The Morgan fingerprint density at radius 3 is 2.76 bits per heavy atom. The first-order valence-electron chi connectivity index (χ1n) is 12.7. The van der Waals surface area contributed by atoms with Crippen LogP contribution in [0.5, 0.6) is 5.75 Å². The van der Waals surface area contributed by atoms with Crippen molar-refractivity contribution < 1.29 is 24.2 Å². The number of aromatic nitrogens is 1. The molecular weight excluding hydrogens is 502 g/mol. The van der Waals surface area contributed by atoms with Crippen molar-refractivity contribution in [3.05, 3.63) is 88.4 Å². The molecule has 198 valence electrons. The van der Waals surface area contributed by atoms with E-state index in [9.17, 15) is 19.5 Å². The van der Waals surface area contributed by atoms with Gasteiger partial charge in [-0.15, -0.1) is 11.3 Å². The van der Waals surface area contributed by atoms with Crippen molar-refractivity contribution in [1.82, 2.24) is 9.88 Å². The zero-order valence-corrected chi connectivity index (χ0v) is 22.1. The van der Waals surface area contributed by atoms with Crippen molar-refractivity contribution in [2.45, 2.75) is 51.6 Å². The van der Waals surface area contributed by atoms with Crippen LogP contribution in [0.15, 0.2) is 66.9 Å². The lowest BCUT2D eigenvalue weighted by atomic mass is 9.93. The Kier molecular flexibility index (Phi) is 9.26. The number of ether oxygens (including phenoxy) is 1. The molecule has 4 rings (SSSR count). The van der Waals surface area contributed by atoms with E-state index in [0.29, 0.717) is 29.5 Å². The molecule has 0 aliphatic carbocycles. The molecule has 1 aromatic heterocycles. The van der Waals surface area contributed by atoms with E-state index in [1.54, 1.807) is 18.3 Å². The second-order valence-corrected chi connectivity index (χ2v) is 10.2. The molecule has 0 radical (unpaired) electrons. The minimum Gasteiger partial charge on any atom is -0.493 e. The number of unbranched alkanes of at least 4 members (excludes halogenated alkanes) is 2. The van der Waals surface area contributed by atoms with Crippen LogP contribution in [-0.4, -0.2) is 45.4 Å². The molecule has 2 N–H and O–H groups in total. The third-order valence-electron chi connectivity index (χ3n) is 6.29. The quantitative estimate of drug-likeness (QED) is 0.262. The zero-order chi connectivity index (χ0) is 26.9. The summed E-state index contributed by atoms with van der Waals surface area (Å²) in [6.07, 6.45) is 8.72. The fourth-order valence-corrected chi connectivity index (χ4v) is 5.00. The highest BCUT2D eigenvalue weighted by Gasteiger charge is 2.33. The number of carbonyl (C=O) groups is 3. The van der Waals surface area contributed by atoms with E-state index >= 15 is 0 Å². The van der Waals surface area contributed by atoms with E-state index in [4.69, 9.17) is 4.74 Å². The van der Waals surface area contributed by atoms with E-state index in [1.165, 1.54) is 22.3 Å². The monoisotopic (exact) mass is 533 g/mol. The smallest absolute Gasteiger partial charge is 0.326 e. The molecule has 0 saturated heterocycles. The van der Waals surface area contributed by atoms with Gasteiger partial charge in [0.1, 0.15) is 11.8 Å². The maximum atomic E-state index is 12.8. The number of carboxylic acids is 1. The van der Waals surface area contributed by atoms with E-state index in [-0.39, 0.29) is 24.8 Å². The van der Waals surface area contributed by atoms with Gasteiger partial charge in [0.05, 0.1) is 6.61 Å². The molecule has 2 aromatic carbocycles. The van der Waals surface area contributed by atoms with Crippen molar-refractivity contribution in [2.75, 3.05) is 11.9 Å². The van der Waals surface area contributed by atoms with Crippen molar-refractivity contribution in [3.8, 4) is 5.75 Å². The predicted octanol–water partition coefficient (Wildman–Crippen LogP) is 5.10. The average Bonchev–Trinajstić information content (AvgIpc) is 3.37. The Morgan fingerprint density at radius 1 is 1.18 bits per heavy atom. The van der Waals surface area contributed by atoms with Gasteiger partial charge in [-0.1, -0.05) is 50.1 Å². The van der Waals surface area contributed by atoms with Crippen LogP contribution in [0.2, 0.25) is 0 Å². The van der Waals surface area contributed by atoms with Crippen LogP contribution in [0.3, 0.4) is 0 Å². The van der Waals surface area contributed by atoms with Crippen LogP contribution < -0.4 is 10.1 Å². The molecule has 9 heteroatoms. The molecule has 8 nitrogen and oxygen atoms in total. The Bertz CT molecular complexity index is 1300. The minimum atomic E-state index is -1.00. The second-order valence-electron chi connectivity index (χ2n) is 9.05. The van der Waals surface area contributed by atoms with Crippen molar-refractivity contribution in [3.63, 3.8) is 0 Å². The van der Waals surface area contributed by atoms with Gasteiger partial charge in [0.15, 0.2) is 5.13 Å². The lowest BCUT2D eigenvalue weighted by Crippen LogP contribution is -2.48. The average molecular weight is 534 g/mol. The number of carboxylic acid groups (broad SMARTS) is 1. The summed E-state index contributed by atoms with van der Waals surface area (Å²) < 4.78 is 5.96. The van der Waals surface area contributed by atoms with Crippen molar-refractivity contribution in [2.24, 2.45) is 0 Å². The number of hydrogen-bond donors (Lipinski definition) is 2. The van der Waals surface area contributed by atoms with Gasteiger partial charge in [-0.3, -0.25) is 14.9 Å². The summed E-state index contributed by atoms with van der Waals surface area (Å²) in [6, 6.07) is 13.7. The number of anilines is 1. The number of fused-ring (bicyclic) bond motifs is 1. The van der Waals surface area contributed by atoms with Crippen LogP contribution in [0.1, 0.15) is 52.5 Å². The normalized spacial score (nSPS) is 14.8. The van der Waals surface area contributed by atoms with Crippen LogP contribution in [0.25, 0.3) is 0 Å². The number of allylic oxidation sites excluding steroid dienone is 1. The number of nitrogens with zero attached hydrogens (tertiary/aromatic N) is 2. The molecule has 0 spiro atoms. The van der Waals surface area contributed by atoms with Gasteiger partial charge in [0, 0.05) is 36.0 Å². The fourth-order valence-electron chi connectivity index (χ4n) is 4.21. The highest BCUT2D eigenvalue weighted by Crippen LogP contribution is 2.28. The molecule has 3 aromatic rings. The van der Waals surface area contributed by atoms with Crippen LogP contribution in [0.4, 0.5) is 5.13 Å². The highest BCUT2D eigenvalue weighted by atomic mass is 32.1. The summed E-state index contributed by atoms with van der Waals surface area (Å²) >= 11 is 1.40. The molecule has 2 heterocycles. The Hall–Kier alpha value is -3.98. The topological polar surface area (TPSA) is 109 Å². The van der Waals surface area contributed by atoms with Gasteiger partial charge < -0.3 is 14.7 Å². The molecule has 1 aliphatic rings.